The fourth-order valence-electron chi connectivity index (χ4n) is 5.56. The van der Waals surface area contributed by atoms with E-state index in [0.29, 0.717) is 30.6 Å². The van der Waals surface area contributed by atoms with Crippen LogP contribution in [0.1, 0.15) is 32.3 Å². The molecular formula is C29H39ClF3N5O3. The first-order chi connectivity index (χ1) is 19.4. The van der Waals surface area contributed by atoms with Gasteiger partial charge in [-0.2, -0.15) is 13.2 Å². The molecule has 41 heavy (non-hydrogen) atoms. The van der Waals surface area contributed by atoms with Gasteiger partial charge in [0.25, 0.3) is 0 Å². The number of hydrogen-bond acceptors (Lipinski definition) is 6. The number of likely N-dealkylation sites (N-methyl/N-ethyl adjacent to an activating group) is 1. The van der Waals surface area contributed by atoms with E-state index in [4.69, 9.17) is 21.5 Å². The van der Waals surface area contributed by atoms with Gasteiger partial charge in [-0.05, 0) is 55.0 Å². The highest BCUT2D eigenvalue weighted by Gasteiger charge is 2.40. The van der Waals surface area contributed by atoms with Crippen LogP contribution in [0.15, 0.2) is 48.7 Å². The number of carboxylic acid groups (broad SMARTS) is 1. The summed E-state index contributed by atoms with van der Waals surface area (Å²) in [7, 11) is 1.73. The summed E-state index contributed by atoms with van der Waals surface area (Å²) in [5.74, 6) is -1.10. The number of hydrogen-bond donors (Lipinski definition) is 2. The Morgan fingerprint density at radius 3 is 2.24 bits per heavy atom. The van der Waals surface area contributed by atoms with Crippen molar-refractivity contribution in [2.45, 2.75) is 57.4 Å². The third kappa shape index (κ3) is 9.58. The summed E-state index contributed by atoms with van der Waals surface area (Å²) in [5, 5.41) is 10.7. The van der Waals surface area contributed by atoms with Crippen LogP contribution in [0.2, 0.25) is 5.02 Å². The lowest BCUT2D eigenvalue weighted by Crippen LogP contribution is -2.64. The van der Waals surface area contributed by atoms with Crippen LogP contribution in [0.3, 0.4) is 0 Å². The van der Waals surface area contributed by atoms with Crippen molar-refractivity contribution in [1.82, 2.24) is 20.1 Å². The van der Waals surface area contributed by atoms with Gasteiger partial charge in [-0.25, -0.2) is 9.78 Å². The summed E-state index contributed by atoms with van der Waals surface area (Å²) >= 11 is 6.15. The van der Waals surface area contributed by atoms with Gasteiger partial charge in [0.15, 0.2) is 0 Å². The minimum atomic E-state index is -5.08. The molecule has 0 radical (unpaired) electrons. The van der Waals surface area contributed by atoms with E-state index in [1.54, 1.807) is 7.05 Å². The number of piperazine rings is 1. The van der Waals surface area contributed by atoms with Crippen molar-refractivity contribution < 1.29 is 27.9 Å². The van der Waals surface area contributed by atoms with Crippen LogP contribution < -0.4 is 10.2 Å². The van der Waals surface area contributed by atoms with Crippen LogP contribution in [-0.4, -0.2) is 95.8 Å². The number of aliphatic carboxylic acids is 1. The van der Waals surface area contributed by atoms with Gasteiger partial charge in [-0.1, -0.05) is 43.6 Å². The van der Waals surface area contributed by atoms with Crippen LogP contribution >= 0.6 is 11.6 Å². The highest BCUT2D eigenvalue weighted by molar-refractivity contribution is 6.30. The van der Waals surface area contributed by atoms with E-state index in [2.05, 4.69) is 63.1 Å². The normalized spacial score (nSPS) is 20.8. The van der Waals surface area contributed by atoms with Gasteiger partial charge in [0, 0.05) is 62.6 Å². The summed E-state index contributed by atoms with van der Waals surface area (Å²) in [6.45, 7) is 8.98. The molecule has 2 aromatic rings. The molecule has 0 spiro atoms. The minimum absolute atomic E-state index is 0.0908. The number of amides is 1. The molecule has 2 aliphatic rings. The van der Waals surface area contributed by atoms with Gasteiger partial charge in [0.1, 0.15) is 5.82 Å². The lowest BCUT2D eigenvalue weighted by Gasteiger charge is -2.52. The Kier molecular flexibility index (Phi) is 11.8. The van der Waals surface area contributed by atoms with Crippen molar-refractivity contribution >= 4 is 29.3 Å². The van der Waals surface area contributed by atoms with Gasteiger partial charge >= 0.3 is 12.1 Å². The highest BCUT2D eigenvalue weighted by Crippen LogP contribution is 2.30. The average molecular weight is 598 g/mol. The number of carbonyl (C=O) groups is 2. The van der Waals surface area contributed by atoms with E-state index in [-0.39, 0.29) is 5.91 Å². The Hall–Kier alpha value is -2.89. The first-order valence-corrected chi connectivity index (χ1v) is 14.2. The van der Waals surface area contributed by atoms with E-state index < -0.39 is 12.1 Å². The zero-order valence-electron chi connectivity index (χ0n) is 23.6. The standard InChI is InChI=1S/C27H38ClN5O.C2HF3O2/c1-20(2)25-18-33(23-11-14-31(15-12-23)26-6-4-5-13-30-26)24(17-32(25)19-27(34)29-3)16-21-7-9-22(28)10-8-21;3-2(4,5)1(6)7/h4-10,13,20,23-25H,11-12,14-19H2,1-3H3,(H,29,34);(H,6,7)/t24-,25+;/m0./s1. The maximum Gasteiger partial charge on any atom is 0.490 e. The summed E-state index contributed by atoms with van der Waals surface area (Å²) in [6.07, 6.45) is 0.0249. The van der Waals surface area contributed by atoms with Crippen molar-refractivity contribution in [3.8, 4) is 0 Å². The number of pyridine rings is 1. The van der Waals surface area contributed by atoms with E-state index in [1.807, 2.05) is 24.4 Å². The summed E-state index contributed by atoms with van der Waals surface area (Å²) in [5.41, 5.74) is 1.30. The molecule has 2 fully saturated rings. The number of aromatic nitrogens is 1. The van der Waals surface area contributed by atoms with Crippen LogP contribution in [0, 0.1) is 5.92 Å². The number of alkyl halides is 3. The zero-order chi connectivity index (χ0) is 30.2. The zero-order valence-corrected chi connectivity index (χ0v) is 24.4. The molecule has 0 bridgehead atoms. The Bertz CT molecular complexity index is 1110. The predicted octanol–water partition coefficient (Wildman–Crippen LogP) is 4.34. The molecule has 4 rings (SSSR count). The molecule has 0 saturated carbocycles. The first kappa shape index (κ1) is 32.6. The maximum absolute atomic E-state index is 12.3. The third-order valence-electron chi connectivity index (χ3n) is 7.71. The lowest BCUT2D eigenvalue weighted by atomic mass is 9.90. The predicted molar refractivity (Wildman–Crippen MR) is 153 cm³/mol. The number of piperidine rings is 1. The molecule has 2 aliphatic heterocycles. The Labute approximate surface area is 244 Å². The number of anilines is 1. The lowest BCUT2D eigenvalue weighted by molar-refractivity contribution is -0.192. The van der Waals surface area contributed by atoms with Gasteiger partial charge in [-0.15, -0.1) is 0 Å². The summed E-state index contributed by atoms with van der Waals surface area (Å²) in [4.78, 5) is 33.3. The molecule has 1 aromatic carbocycles. The van der Waals surface area contributed by atoms with Crippen molar-refractivity contribution in [3.63, 3.8) is 0 Å². The monoisotopic (exact) mass is 597 g/mol. The van der Waals surface area contributed by atoms with E-state index >= 15 is 0 Å². The third-order valence-corrected chi connectivity index (χ3v) is 7.96. The molecular weight excluding hydrogens is 559 g/mol. The molecule has 226 valence electrons. The maximum atomic E-state index is 12.3. The quantitative estimate of drug-likeness (QED) is 0.491. The highest BCUT2D eigenvalue weighted by atomic mass is 35.5. The van der Waals surface area contributed by atoms with Crippen LogP contribution in [-0.2, 0) is 16.0 Å². The second-order valence-corrected chi connectivity index (χ2v) is 11.2. The smallest absolute Gasteiger partial charge is 0.475 e. The molecule has 2 saturated heterocycles. The number of nitrogens with zero attached hydrogens (tertiary/aromatic N) is 4. The molecule has 0 aliphatic carbocycles. The number of carbonyl (C=O) groups excluding carboxylic acids is 1. The van der Waals surface area contributed by atoms with Crippen LogP contribution in [0.4, 0.5) is 19.0 Å². The average Bonchev–Trinajstić information content (AvgIpc) is 2.94. The minimum Gasteiger partial charge on any atom is -0.475 e. The van der Waals surface area contributed by atoms with Gasteiger partial charge in [0.2, 0.25) is 5.91 Å². The van der Waals surface area contributed by atoms with E-state index in [0.717, 1.165) is 56.3 Å². The number of rotatable bonds is 7. The Balaban J connectivity index is 0.000000587. The largest absolute Gasteiger partial charge is 0.490 e. The summed E-state index contributed by atoms with van der Waals surface area (Å²) in [6, 6.07) is 15.7. The Morgan fingerprint density at radius 2 is 1.73 bits per heavy atom. The van der Waals surface area contributed by atoms with Gasteiger partial charge in [-0.3, -0.25) is 14.6 Å². The first-order valence-electron chi connectivity index (χ1n) is 13.8. The molecule has 2 atom stereocenters. The molecule has 0 unspecified atom stereocenters. The Morgan fingerprint density at radius 1 is 1.10 bits per heavy atom. The number of benzene rings is 1. The summed E-state index contributed by atoms with van der Waals surface area (Å²) < 4.78 is 31.7. The van der Waals surface area contributed by atoms with Crippen molar-refractivity contribution in [1.29, 1.82) is 0 Å². The topological polar surface area (TPSA) is 89.0 Å². The molecule has 1 aromatic heterocycles. The van der Waals surface area contributed by atoms with Crippen molar-refractivity contribution in [3.05, 3.63) is 59.2 Å². The molecule has 8 nitrogen and oxygen atoms in total. The fourth-order valence-corrected chi connectivity index (χ4v) is 5.68. The van der Waals surface area contributed by atoms with E-state index in [9.17, 15) is 18.0 Å². The van der Waals surface area contributed by atoms with Crippen LogP contribution in [0.5, 0.6) is 0 Å². The van der Waals surface area contributed by atoms with Crippen molar-refractivity contribution in [2.24, 2.45) is 5.92 Å². The second kappa shape index (κ2) is 14.8. The molecule has 1 amide bonds. The SMILES string of the molecule is CNC(=O)CN1C[C@H](Cc2ccc(Cl)cc2)N(C2CCN(c3ccccn3)CC2)C[C@@H]1C(C)C.O=C(O)C(F)(F)F. The van der Waals surface area contributed by atoms with Gasteiger partial charge < -0.3 is 15.3 Å². The molecule has 2 N–H and O–H groups in total. The fraction of sp³-hybridized carbons (Fsp3) is 0.552. The van der Waals surface area contributed by atoms with E-state index in [1.165, 1.54) is 5.56 Å². The molecule has 3 heterocycles. The van der Waals surface area contributed by atoms with Gasteiger partial charge in [0.05, 0.1) is 6.54 Å². The number of carboxylic acids is 1. The number of halogens is 4. The number of nitrogens with one attached hydrogen (secondary N) is 1. The van der Waals surface area contributed by atoms with Crippen LogP contribution in [0.25, 0.3) is 0 Å². The molecule has 12 heteroatoms. The second-order valence-electron chi connectivity index (χ2n) is 10.8. The van der Waals surface area contributed by atoms with Crippen molar-refractivity contribution in [2.75, 3.05) is 44.7 Å².